The lowest BCUT2D eigenvalue weighted by Crippen LogP contribution is -2.30. The number of hydrogen-bond donors (Lipinski definition) is 1. The Balaban J connectivity index is 1.70. The number of hydrogen-bond acceptors (Lipinski definition) is 5. The van der Waals surface area contributed by atoms with Crippen LogP contribution < -0.4 is 0 Å². The zero-order chi connectivity index (χ0) is 17.8. The Kier molecular flexibility index (Phi) is 5.28. The van der Waals surface area contributed by atoms with Gasteiger partial charge in [-0.1, -0.05) is 24.3 Å². The van der Waals surface area contributed by atoms with Crippen molar-refractivity contribution in [2.45, 2.75) is 11.8 Å². The lowest BCUT2D eigenvalue weighted by Gasteiger charge is -2.24. The fourth-order valence-corrected chi connectivity index (χ4v) is 4.00. The largest absolute Gasteiger partial charge is 0.508 e. The molecule has 5 nitrogen and oxygen atoms in total. The molecule has 0 aromatic heterocycles. The van der Waals surface area contributed by atoms with Crippen molar-refractivity contribution in [2.24, 2.45) is 0 Å². The van der Waals surface area contributed by atoms with Crippen molar-refractivity contribution >= 4 is 23.6 Å². The van der Waals surface area contributed by atoms with E-state index in [0.29, 0.717) is 17.9 Å². The molecular formula is C19H19NO4S. The Morgan fingerprint density at radius 3 is 2.52 bits per heavy atom. The van der Waals surface area contributed by atoms with Gasteiger partial charge in [0, 0.05) is 6.54 Å². The van der Waals surface area contributed by atoms with Gasteiger partial charge in [-0.3, -0.25) is 4.79 Å². The molecule has 1 saturated heterocycles. The average Bonchev–Trinajstić information content (AvgIpc) is 3.01. The second-order valence-electron chi connectivity index (χ2n) is 5.78. The molecule has 1 amide bonds. The Morgan fingerprint density at radius 2 is 1.88 bits per heavy atom. The van der Waals surface area contributed by atoms with Gasteiger partial charge in [-0.05, 0) is 41.8 Å². The van der Waals surface area contributed by atoms with E-state index < -0.39 is 0 Å². The molecule has 1 atom stereocenters. The number of aromatic hydroxyl groups is 1. The number of phenolic OH excluding ortho intramolecular Hbond substituents is 1. The van der Waals surface area contributed by atoms with Crippen LogP contribution in [-0.2, 0) is 16.0 Å². The summed E-state index contributed by atoms with van der Waals surface area (Å²) < 4.78 is 4.71. The van der Waals surface area contributed by atoms with Gasteiger partial charge in [-0.2, -0.15) is 0 Å². The topological polar surface area (TPSA) is 66.8 Å². The van der Waals surface area contributed by atoms with E-state index in [1.807, 2.05) is 29.2 Å². The van der Waals surface area contributed by atoms with Crippen molar-refractivity contribution in [2.75, 3.05) is 19.4 Å². The summed E-state index contributed by atoms with van der Waals surface area (Å²) in [6, 6.07) is 14.2. The Bertz CT molecular complexity index is 758. The zero-order valence-electron chi connectivity index (χ0n) is 13.8. The van der Waals surface area contributed by atoms with Crippen LogP contribution in [0.25, 0.3) is 0 Å². The standard InChI is InChI=1S/C19H19NO4S/c1-24-19(23)15-6-4-14(5-7-15)18-20(17(22)12-25-18)11-10-13-2-8-16(21)9-3-13/h2-9,18,21H,10-12H2,1H3. The molecule has 3 rings (SSSR count). The van der Waals surface area contributed by atoms with Crippen LogP contribution in [0.5, 0.6) is 5.75 Å². The van der Waals surface area contributed by atoms with Crippen LogP contribution in [0, 0.1) is 0 Å². The number of thioether (sulfide) groups is 1. The van der Waals surface area contributed by atoms with Crippen molar-refractivity contribution in [1.29, 1.82) is 0 Å². The normalized spacial score (nSPS) is 16.9. The van der Waals surface area contributed by atoms with Crippen LogP contribution in [0.4, 0.5) is 0 Å². The molecule has 6 heteroatoms. The van der Waals surface area contributed by atoms with Gasteiger partial charge in [0.2, 0.25) is 5.91 Å². The summed E-state index contributed by atoms with van der Waals surface area (Å²) in [4.78, 5) is 25.6. The first-order valence-electron chi connectivity index (χ1n) is 7.96. The summed E-state index contributed by atoms with van der Waals surface area (Å²) in [6.07, 6.45) is 0.726. The molecule has 0 aliphatic carbocycles. The van der Waals surface area contributed by atoms with Crippen molar-refractivity contribution < 1.29 is 19.4 Å². The van der Waals surface area contributed by atoms with Gasteiger partial charge >= 0.3 is 5.97 Å². The quantitative estimate of drug-likeness (QED) is 0.833. The number of benzene rings is 2. The molecule has 0 spiro atoms. The molecule has 1 N–H and O–H groups in total. The van der Waals surface area contributed by atoms with Gasteiger partial charge in [-0.15, -0.1) is 11.8 Å². The van der Waals surface area contributed by atoms with Crippen LogP contribution in [0.1, 0.15) is 26.9 Å². The highest BCUT2D eigenvalue weighted by Crippen LogP contribution is 2.38. The lowest BCUT2D eigenvalue weighted by molar-refractivity contribution is -0.128. The summed E-state index contributed by atoms with van der Waals surface area (Å²) in [5, 5.41) is 9.30. The van der Waals surface area contributed by atoms with E-state index in [2.05, 4.69) is 0 Å². The van der Waals surface area contributed by atoms with E-state index in [0.717, 1.165) is 17.5 Å². The fourth-order valence-electron chi connectivity index (χ4n) is 2.79. The van der Waals surface area contributed by atoms with Crippen molar-refractivity contribution in [3.63, 3.8) is 0 Å². The first-order chi connectivity index (χ1) is 12.1. The molecule has 1 aliphatic rings. The van der Waals surface area contributed by atoms with Gasteiger partial charge < -0.3 is 14.7 Å². The van der Waals surface area contributed by atoms with Gasteiger partial charge in [0.05, 0.1) is 18.4 Å². The van der Waals surface area contributed by atoms with Crippen LogP contribution in [0.3, 0.4) is 0 Å². The monoisotopic (exact) mass is 357 g/mol. The van der Waals surface area contributed by atoms with Crippen molar-refractivity contribution in [1.82, 2.24) is 4.90 Å². The molecular weight excluding hydrogens is 338 g/mol. The Labute approximate surface area is 150 Å². The van der Waals surface area contributed by atoms with Crippen LogP contribution >= 0.6 is 11.8 Å². The highest BCUT2D eigenvalue weighted by atomic mass is 32.2. The molecule has 0 radical (unpaired) electrons. The number of methoxy groups -OCH3 is 1. The number of phenols is 1. The predicted octanol–water partition coefficient (Wildman–Crippen LogP) is 3.00. The highest BCUT2D eigenvalue weighted by molar-refractivity contribution is 8.00. The second-order valence-corrected chi connectivity index (χ2v) is 6.85. The molecule has 1 fully saturated rings. The fraction of sp³-hybridized carbons (Fsp3) is 0.263. The van der Waals surface area contributed by atoms with E-state index in [4.69, 9.17) is 4.74 Å². The molecule has 0 bridgehead atoms. The minimum atomic E-state index is -0.370. The molecule has 25 heavy (non-hydrogen) atoms. The highest BCUT2D eigenvalue weighted by Gasteiger charge is 2.32. The second kappa shape index (κ2) is 7.61. The Hall–Kier alpha value is -2.47. The van der Waals surface area contributed by atoms with Gasteiger partial charge in [0.1, 0.15) is 11.1 Å². The van der Waals surface area contributed by atoms with Crippen molar-refractivity contribution in [3.05, 3.63) is 65.2 Å². The van der Waals surface area contributed by atoms with E-state index in [1.165, 1.54) is 7.11 Å². The van der Waals surface area contributed by atoms with Crippen LogP contribution in [0.2, 0.25) is 0 Å². The summed E-state index contributed by atoms with van der Waals surface area (Å²) in [5.41, 5.74) is 2.56. The van der Waals surface area contributed by atoms with Gasteiger partial charge in [-0.25, -0.2) is 4.79 Å². The Morgan fingerprint density at radius 1 is 1.20 bits per heavy atom. The maximum absolute atomic E-state index is 12.2. The molecule has 2 aromatic carbocycles. The molecule has 1 unspecified atom stereocenters. The van der Waals surface area contributed by atoms with E-state index in [-0.39, 0.29) is 23.0 Å². The third-order valence-electron chi connectivity index (χ3n) is 4.16. The molecule has 130 valence electrons. The third kappa shape index (κ3) is 3.96. The van der Waals surface area contributed by atoms with Gasteiger partial charge in [0.15, 0.2) is 0 Å². The van der Waals surface area contributed by atoms with Gasteiger partial charge in [0.25, 0.3) is 0 Å². The minimum Gasteiger partial charge on any atom is -0.508 e. The minimum absolute atomic E-state index is 0.0451. The number of carbonyl (C=O) groups excluding carboxylic acids is 2. The number of carbonyl (C=O) groups is 2. The number of ether oxygens (including phenoxy) is 1. The van der Waals surface area contributed by atoms with E-state index >= 15 is 0 Å². The average molecular weight is 357 g/mol. The number of rotatable bonds is 5. The molecule has 1 heterocycles. The van der Waals surface area contributed by atoms with Crippen molar-refractivity contribution in [3.8, 4) is 5.75 Å². The first-order valence-corrected chi connectivity index (χ1v) is 9.00. The lowest BCUT2D eigenvalue weighted by atomic mass is 10.1. The van der Waals surface area contributed by atoms with E-state index in [9.17, 15) is 14.7 Å². The first kappa shape index (κ1) is 17.4. The van der Waals surface area contributed by atoms with Crippen LogP contribution in [-0.4, -0.2) is 41.3 Å². The molecule has 1 aliphatic heterocycles. The number of nitrogens with zero attached hydrogens (tertiary/aromatic N) is 1. The maximum Gasteiger partial charge on any atom is 0.337 e. The predicted molar refractivity (Wildman–Crippen MR) is 96.5 cm³/mol. The molecule has 0 saturated carbocycles. The summed E-state index contributed by atoms with van der Waals surface area (Å²) >= 11 is 1.59. The summed E-state index contributed by atoms with van der Waals surface area (Å²) in [5.74, 6) is 0.441. The summed E-state index contributed by atoms with van der Waals surface area (Å²) in [7, 11) is 1.35. The zero-order valence-corrected chi connectivity index (χ0v) is 14.7. The SMILES string of the molecule is COC(=O)c1ccc(C2SCC(=O)N2CCc2ccc(O)cc2)cc1. The molecule has 2 aromatic rings. The van der Waals surface area contributed by atoms with Crippen LogP contribution in [0.15, 0.2) is 48.5 Å². The smallest absolute Gasteiger partial charge is 0.337 e. The summed E-state index contributed by atoms with van der Waals surface area (Å²) in [6.45, 7) is 0.611. The maximum atomic E-state index is 12.2. The number of amides is 1. The number of esters is 1. The van der Waals surface area contributed by atoms with E-state index in [1.54, 1.807) is 36.0 Å². The third-order valence-corrected chi connectivity index (χ3v) is 5.42.